The molecule has 2 aromatic rings. The van der Waals surface area contributed by atoms with Crippen LogP contribution in [0.4, 0.5) is 0 Å². The van der Waals surface area contributed by atoms with Crippen molar-refractivity contribution in [1.82, 2.24) is 5.32 Å². The van der Waals surface area contributed by atoms with E-state index in [1.54, 1.807) is 0 Å². The lowest BCUT2D eigenvalue weighted by molar-refractivity contribution is -0.119. The largest absolute Gasteiger partial charge is 0.351 e. The molecule has 17 heavy (non-hydrogen) atoms. The zero-order chi connectivity index (χ0) is 12.3. The average molecular weight is 265 g/mol. The summed E-state index contributed by atoms with van der Waals surface area (Å²) in [6.07, 6.45) is 0. The highest BCUT2D eigenvalue weighted by Gasteiger charge is 2.12. The van der Waals surface area contributed by atoms with E-state index in [0.717, 1.165) is 10.4 Å². The molecule has 88 valence electrons. The normalized spacial score (nSPS) is 10.2. The van der Waals surface area contributed by atoms with Crippen molar-refractivity contribution in [2.75, 3.05) is 0 Å². The van der Waals surface area contributed by atoms with Gasteiger partial charge in [-0.1, -0.05) is 0 Å². The molecule has 3 nitrogen and oxygen atoms in total. The van der Waals surface area contributed by atoms with Crippen molar-refractivity contribution in [1.29, 1.82) is 0 Å². The fourth-order valence-corrected chi connectivity index (χ4v) is 2.89. The predicted molar refractivity (Wildman–Crippen MR) is 69.6 cm³/mol. The summed E-state index contributed by atoms with van der Waals surface area (Å²) in [5.41, 5.74) is 0.725. The Hall–Kier alpha value is -1.46. The Labute approximate surface area is 107 Å². The molecule has 0 bridgehead atoms. The molecule has 0 radical (unpaired) electrons. The monoisotopic (exact) mass is 265 g/mol. The predicted octanol–water partition coefficient (Wildman–Crippen LogP) is 2.68. The molecule has 0 aliphatic heterocycles. The van der Waals surface area contributed by atoms with Crippen molar-refractivity contribution < 1.29 is 9.59 Å². The van der Waals surface area contributed by atoms with Gasteiger partial charge in [0.1, 0.15) is 0 Å². The number of amides is 1. The third kappa shape index (κ3) is 3.01. The molecule has 0 fully saturated rings. The van der Waals surface area contributed by atoms with Crippen LogP contribution in [-0.2, 0) is 11.3 Å². The minimum absolute atomic E-state index is 0.0466. The highest BCUT2D eigenvalue weighted by atomic mass is 32.1. The molecule has 2 heterocycles. The number of hydrogen-bond acceptors (Lipinski definition) is 4. The first kappa shape index (κ1) is 12.0. The average Bonchev–Trinajstić information content (AvgIpc) is 2.97. The van der Waals surface area contributed by atoms with E-state index in [2.05, 4.69) is 5.32 Å². The van der Waals surface area contributed by atoms with Gasteiger partial charge in [0, 0.05) is 22.7 Å². The second-order valence-corrected chi connectivity index (χ2v) is 5.47. The molecule has 0 atom stereocenters. The van der Waals surface area contributed by atoms with Gasteiger partial charge in [-0.25, -0.2) is 0 Å². The summed E-state index contributed by atoms with van der Waals surface area (Å²) in [5.74, 6) is -0.0190. The summed E-state index contributed by atoms with van der Waals surface area (Å²) in [4.78, 5) is 24.5. The second kappa shape index (κ2) is 5.25. The van der Waals surface area contributed by atoms with E-state index in [4.69, 9.17) is 0 Å². The fraction of sp³-hybridized carbons (Fsp3) is 0.167. The van der Waals surface area contributed by atoms with E-state index < -0.39 is 0 Å². The van der Waals surface area contributed by atoms with Gasteiger partial charge in [-0.3, -0.25) is 9.59 Å². The van der Waals surface area contributed by atoms with E-state index in [1.165, 1.54) is 29.6 Å². The molecule has 2 rings (SSSR count). The number of rotatable bonds is 4. The molecule has 1 amide bonds. The van der Waals surface area contributed by atoms with Crippen LogP contribution in [0.25, 0.3) is 0 Å². The van der Waals surface area contributed by atoms with E-state index in [0.29, 0.717) is 11.4 Å². The lowest BCUT2D eigenvalue weighted by atomic mass is 10.2. The zero-order valence-electron chi connectivity index (χ0n) is 9.23. The first-order valence-corrected chi connectivity index (χ1v) is 6.83. The Balaban J connectivity index is 2.08. The molecule has 5 heteroatoms. The summed E-state index contributed by atoms with van der Waals surface area (Å²) in [7, 11) is 0. The SMILES string of the molecule is CC(=O)NCc1ccc(C(=O)c2ccsc2)s1. The summed E-state index contributed by atoms with van der Waals surface area (Å²) < 4.78 is 0. The minimum Gasteiger partial charge on any atom is -0.351 e. The lowest BCUT2D eigenvalue weighted by Gasteiger charge is -1.97. The topological polar surface area (TPSA) is 46.2 Å². The van der Waals surface area contributed by atoms with Gasteiger partial charge in [0.05, 0.1) is 11.4 Å². The lowest BCUT2D eigenvalue weighted by Crippen LogP contribution is -2.18. The van der Waals surface area contributed by atoms with Crippen LogP contribution in [0.2, 0.25) is 0 Å². The van der Waals surface area contributed by atoms with Gasteiger partial charge in [0.2, 0.25) is 11.7 Å². The van der Waals surface area contributed by atoms with Crippen molar-refractivity contribution in [3.8, 4) is 0 Å². The maximum Gasteiger partial charge on any atom is 0.217 e. The Morgan fingerprint density at radius 1 is 1.29 bits per heavy atom. The first-order chi connectivity index (χ1) is 8.16. The van der Waals surface area contributed by atoms with E-state index >= 15 is 0 Å². The molecule has 1 N–H and O–H groups in total. The van der Waals surface area contributed by atoms with Crippen LogP contribution in [0.3, 0.4) is 0 Å². The second-order valence-electron chi connectivity index (χ2n) is 3.52. The molecular formula is C12H11NO2S2. The summed E-state index contributed by atoms with van der Waals surface area (Å²) in [5, 5.41) is 6.44. The van der Waals surface area contributed by atoms with Crippen LogP contribution >= 0.6 is 22.7 Å². The maximum atomic E-state index is 12.0. The van der Waals surface area contributed by atoms with Crippen LogP contribution in [0.15, 0.2) is 29.0 Å². The number of thiophene rings is 2. The van der Waals surface area contributed by atoms with E-state index in [1.807, 2.05) is 29.0 Å². The van der Waals surface area contributed by atoms with E-state index in [-0.39, 0.29) is 11.7 Å². The van der Waals surface area contributed by atoms with Gasteiger partial charge in [-0.15, -0.1) is 11.3 Å². The molecule has 0 aliphatic rings. The standard InChI is InChI=1S/C12H11NO2S2/c1-8(14)13-6-10-2-3-11(17-10)12(15)9-4-5-16-7-9/h2-5,7H,6H2,1H3,(H,13,14). The number of carbonyl (C=O) groups excluding carboxylic acids is 2. The number of nitrogens with one attached hydrogen (secondary N) is 1. The van der Waals surface area contributed by atoms with Crippen LogP contribution in [-0.4, -0.2) is 11.7 Å². The highest BCUT2D eigenvalue weighted by molar-refractivity contribution is 7.14. The van der Waals surface area contributed by atoms with Gasteiger partial charge in [0.25, 0.3) is 0 Å². The molecule has 0 unspecified atom stereocenters. The van der Waals surface area contributed by atoms with Gasteiger partial charge in [0.15, 0.2) is 0 Å². The molecule has 0 saturated carbocycles. The van der Waals surface area contributed by atoms with Crippen molar-refractivity contribution in [2.45, 2.75) is 13.5 Å². The molecule has 0 aliphatic carbocycles. The third-order valence-electron chi connectivity index (χ3n) is 2.18. The Kier molecular flexibility index (Phi) is 3.71. The van der Waals surface area contributed by atoms with Crippen LogP contribution in [0.5, 0.6) is 0 Å². The quantitative estimate of drug-likeness (QED) is 0.864. The Morgan fingerprint density at radius 3 is 2.76 bits per heavy atom. The smallest absolute Gasteiger partial charge is 0.217 e. The molecule has 0 saturated heterocycles. The van der Waals surface area contributed by atoms with Crippen molar-refractivity contribution in [3.05, 3.63) is 44.3 Å². The van der Waals surface area contributed by atoms with Gasteiger partial charge >= 0.3 is 0 Å². The maximum absolute atomic E-state index is 12.0. The van der Waals surface area contributed by atoms with E-state index in [9.17, 15) is 9.59 Å². The van der Waals surface area contributed by atoms with Gasteiger partial charge in [-0.2, -0.15) is 11.3 Å². The van der Waals surface area contributed by atoms with Gasteiger partial charge in [-0.05, 0) is 23.6 Å². The molecule has 2 aromatic heterocycles. The molecule has 0 spiro atoms. The number of carbonyl (C=O) groups is 2. The van der Waals surface area contributed by atoms with Crippen LogP contribution in [0, 0.1) is 0 Å². The zero-order valence-corrected chi connectivity index (χ0v) is 10.9. The Bertz CT molecular complexity index is 528. The molecule has 0 aromatic carbocycles. The van der Waals surface area contributed by atoms with Crippen molar-refractivity contribution in [3.63, 3.8) is 0 Å². The number of ketones is 1. The van der Waals surface area contributed by atoms with Crippen molar-refractivity contribution >= 4 is 34.4 Å². The van der Waals surface area contributed by atoms with Crippen LogP contribution < -0.4 is 5.32 Å². The van der Waals surface area contributed by atoms with Gasteiger partial charge < -0.3 is 5.32 Å². The summed E-state index contributed by atoms with van der Waals surface area (Å²) >= 11 is 2.93. The molecular weight excluding hydrogens is 254 g/mol. The summed E-state index contributed by atoms with van der Waals surface area (Å²) in [6, 6.07) is 5.50. The fourth-order valence-electron chi connectivity index (χ4n) is 1.34. The number of hydrogen-bond donors (Lipinski definition) is 1. The first-order valence-electron chi connectivity index (χ1n) is 5.07. The van der Waals surface area contributed by atoms with Crippen molar-refractivity contribution in [2.24, 2.45) is 0 Å². The summed E-state index contributed by atoms with van der Waals surface area (Å²) in [6.45, 7) is 1.96. The third-order valence-corrected chi connectivity index (χ3v) is 3.95. The van der Waals surface area contributed by atoms with Crippen LogP contribution in [0.1, 0.15) is 27.0 Å². The Morgan fingerprint density at radius 2 is 2.12 bits per heavy atom. The minimum atomic E-state index is -0.0656. The highest BCUT2D eigenvalue weighted by Crippen LogP contribution is 2.21.